The summed E-state index contributed by atoms with van der Waals surface area (Å²) in [6.45, 7) is 0. The van der Waals surface area contributed by atoms with Crippen LogP contribution in [0.5, 0.6) is 0 Å². The van der Waals surface area contributed by atoms with Gasteiger partial charge in [0.15, 0.2) is 0 Å². The van der Waals surface area contributed by atoms with Gasteiger partial charge in [-0.2, -0.15) is 17.9 Å². The maximum Gasteiger partial charge on any atom is 0.0966 e. The maximum atomic E-state index is 8.28. The second-order valence-corrected chi connectivity index (χ2v) is 2.81. The average Bonchev–Trinajstić information content (AvgIpc) is 2.19. The number of benzene rings is 1. The summed E-state index contributed by atoms with van der Waals surface area (Å²) in [5, 5.41) is 8.28. The van der Waals surface area contributed by atoms with Crippen molar-refractivity contribution in [2.24, 2.45) is 0 Å². The summed E-state index contributed by atoms with van der Waals surface area (Å²) in [5.74, 6) is 6.40. The molecule has 0 unspecified atom stereocenters. The van der Waals surface area contributed by atoms with Crippen molar-refractivity contribution < 1.29 is 0 Å². The third-order valence-electron chi connectivity index (χ3n) is 1.51. The zero-order valence-corrected chi connectivity index (χ0v) is 8.01. The molecular weight excluding hydrogens is 178 g/mol. The van der Waals surface area contributed by atoms with E-state index in [-0.39, 0.29) is 6.42 Å². The maximum absolute atomic E-state index is 8.28. The molecule has 1 rings (SSSR count). The van der Waals surface area contributed by atoms with E-state index in [1.54, 1.807) is 0 Å². The Kier molecular flexibility index (Phi) is 3.96. The SMILES string of the molecule is N#CCC#Cc1cccc(CS)c1. The van der Waals surface area contributed by atoms with Crippen LogP contribution in [0.4, 0.5) is 0 Å². The molecule has 0 spiro atoms. The first-order chi connectivity index (χ1) is 6.36. The van der Waals surface area contributed by atoms with E-state index in [4.69, 9.17) is 5.26 Å². The summed E-state index contributed by atoms with van der Waals surface area (Å²) >= 11 is 4.17. The molecule has 1 nitrogen and oxygen atoms in total. The Labute approximate surface area is 83.8 Å². The molecule has 0 saturated carbocycles. The van der Waals surface area contributed by atoms with E-state index in [0.717, 1.165) is 11.1 Å². The van der Waals surface area contributed by atoms with Crippen LogP contribution in [0.1, 0.15) is 17.5 Å². The first-order valence-corrected chi connectivity index (χ1v) is 4.55. The van der Waals surface area contributed by atoms with Gasteiger partial charge < -0.3 is 0 Å². The lowest BCUT2D eigenvalue weighted by Crippen LogP contribution is -1.79. The van der Waals surface area contributed by atoms with Gasteiger partial charge in [0, 0.05) is 11.3 Å². The minimum Gasteiger partial charge on any atom is -0.197 e. The minimum absolute atomic E-state index is 0.283. The standard InChI is InChI=1S/C11H9NS/c12-7-2-1-4-10-5-3-6-11(8-10)9-13/h3,5-6,8,13H,2,9H2. The van der Waals surface area contributed by atoms with Gasteiger partial charge in [-0.15, -0.1) is 0 Å². The summed E-state index contributed by atoms with van der Waals surface area (Å²) in [6, 6.07) is 9.84. The first kappa shape index (κ1) is 9.71. The van der Waals surface area contributed by atoms with Gasteiger partial charge in [-0.1, -0.05) is 24.0 Å². The van der Waals surface area contributed by atoms with E-state index in [2.05, 4.69) is 24.5 Å². The highest BCUT2D eigenvalue weighted by Gasteiger charge is 1.89. The quantitative estimate of drug-likeness (QED) is 0.529. The second kappa shape index (κ2) is 5.30. The van der Waals surface area contributed by atoms with Crippen molar-refractivity contribution in [3.8, 4) is 17.9 Å². The van der Waals surface area contributed by atoms with E-state index < -0.39 is 0 Å². The summed E-state index contributed by atoms with van der Waals surface area (Å²) in [7, 11) is 0. The van der Waals surface area contributed by atoms with Crippen molar-refractivity contribution >= 4 is 12.6 Å². The normalized spacial score (nSPS) is 8.31. The Morgan fingerprint density at radius 1 is 1.38 bits per heavy atom. The predicted octanol–water partition coefficient (Wildman–Crippen LogP) is 2.38. The van der Waals surface area contributed by atoms with E-state index in [1.807, 2.05) is 30.3 Å². The number of nitrogens with zero attached hydrogens (tertiary/aromatic N) is 1. The van der Waals surface area contributed by atoms with Crippen LogP contribution < -0.4 is 0 Å². The molecule has 2 heteroatoms. The van der Waals surface area contributed by atoms with Crippen molar-refractivity contribution in [1.29, 1.82) is 5.26 Å². The minimum atomic E-state index is 0.283. The van der Waals surface area contributed by atoms with Crippen LogP contribution in [0.3, 0.4) is 0 Å². The average molecular weight is 187 g/mol. The van der Waals surface area contributed by atoms with Crippen LogP contribution in [0, 0.1) is 23.2 Å². The molecule has 0 radical (unpaired) electrons. The molecule has 0 heterocycles. The fourth-order valence-corrected chi connectivity index (χ4v) is 1.13. The van der Waals surface area contributed by atoms with Crippen LogP contribution in [-0.4, -0.2) is 0 Å². The molecular formula is C11H9NS. The van der Waals surface area contributed by atoms with Gasteiger partial charge in [-0.05, 0) is 17.7 Å². The van der Waals surface area contributed by atoms with Crippen LogP contribution in [0.15, 0.2) is 24.3 Å². The number of hydrogen-bond donors (Lipinski definition) is 1. The molecule has 0 aliphatic heterocycles. The van der Waals surface area contributed by atoms with Crippen molar-refractivity contribution in [2.45, 2.75) is 12.2 Å². The van der Waals surface area contributed by atoms with Crippen molar-refractivity contribution in [3.05, 3.63) is 35.4 Å². The topological polar surface area (TPSA) is 23.8 Å². The van der Waals surface area contributed by atoms with E-state index in [9.17, 15) is 0 Å². The highest BCUT2D eigenvalue weighted by Crippen LogP contribution is 2.06. The number of nitriles is 1. The Balaban J connectivity index is 2.80. The molecule has 1 aromatic rings. The Hall–Kier alpha value is -1.38. The van der Waals surface area contributed by atoms with Gasteiger partial charge >= 0.3 is 0 Å². The van der Waals surface area contributed by atoms with Crippen LogP contribution in [0.2, 0.25) is 0 Å². The fourth-order valence-electron chi connectivity index (χ4n) is 0.933. The number of hydrogen-bond acceptors (Lipinski definition) is 2. The number of thiol groups is 1. The Morgan fingerprint density at radius 2 is 2.23 bits per heavy atom. The first-order valence-electron chi connectivity index (χ1n) is 3.92. The lowest BCUT2D eigenvalue weighted by molar-refractivity contribution is 1.39. The molecule has 0 fully saturated rings. The highest BCUT2D eigenvalue weighted by atomic mass is 32.1. The largest absolute Gasteiger partial charge is 0.197 e. The molecule has 0 amide bonds. The second-order valence-electron chi connectivity index (χ2n) is 2.50. The van der Waals surface area contributed by atoms with Gasteiger partial charge in [0.1, 0.15) is 0 Å². The van der Waals surface area contributed by atoms with E-state index >= 15 is 0 Å². The Bertz CT molecular complexity index is 379. The highest BCUT2D eigenvalue weighted by molar-refractivity contribution is 7.79. The lowest BCUT2D eigenvalue weighted by atomic mass is 10.1. The molecule has 0 aromatic heterocycles. The van der Waals surface area contributed by atoms with Gasteiger partial charge in [-0.25, -0.2) is 0 Å². The van der Waals surface area contributed by atoms with E-state index in [1.165, 1.54) is 0 Å². The summed E-state index contributed by atoms with van der Waals surface area (Å²) < 4.78 is 0. The lowest BCUT2D eigenvalue weighted by Gasteiger charge is -1.94. The van der Waals surface area contributed by atoms with Crippen LogP contribution >= 0.6 is 12.6 Å². The summed E-state index contributed by atoms with van der Waals surface area (Å²) in [5.41, 5.74) is 2.09. The zero-order valence-electron chi connectivity index (χ0n) is 7.12. The fraction of sp³-hybridized carbons (Fsp3) is 0.182. The third kappa shape index (κ3) is 3.23. The molecule has 0 aliphatic rings. The smallest absolute Gasteiger partial charge is 0.0966 e. The van der Waals surface area contributed by atoms with Crippen LogP contribution in [0.25, 0.3) is 0 Å². The molecule has 64 valence electrons. The van der Waals surface area contributed by atoms with Crippen molar-refractivity contribution in [1.82, 2.24) is 0 Å². The van der Waals surface area contributed by atoms with E-state index in [0.29, 0.717) is 5.75 Å². The van der Waals surface area contributed by atoms with Crippen molar-refractivity contribution in [3.63, 3.8) is 0 Å². The third-order valence-corrected chi connectivity index (χ3v) is 1.87. The molecule has 0 saturated heterocycles. The molecule has 0 atom stereocenters. The molecule has 13 heavy (non-hydrogen) atoms. The molecule has 0 aliphatic carbocycles. The number of rotatable bonds is 1. The monoisotopic (exact) mass is 187 g/mol. The summed E-state index contributed by atoms with van der Waals surface area (Å²) in [4.78, 5) is 0. The molecule has 0 N–H and O–H groups in total. The van der Waals surface area contributed by atoms with Gasteiger partial charge in [-0.3, -0.25) is 0 Å². The predicted molar refractivity (Wildman–Crippen MR) is 56.2 cm³/mol. The van der Waals surface area contributed by atoms with Crippen molar-refractivity contribution in [2.75, 3.05) is 0 Å². The van der Waals surface area contributed by atoms with Crippen LogP contribution in [-0.2, 0) is 5.75 Å². The zero-order chi connectivity index (χ0) is 9.52. The van der Waals surface area contributed by atoms with Gasteiger partial charge in [0.2, 0.25) is 0 Å². The van der Waals surface area contributed by atoms with Gasteiger partial charge in [0.25, 0.3) is 0 Å². The summed E-state index contributed by atoms with van der Waals surface area (Å²) in [6.07, 6.45) is 0.283. The Morgan fingerprint density at radius 3 is 2.92 bits per heavy atom. The molecule has 0 bridgehead atoms. The molecule has 1 aromatic carbocycles. The van der Waals surface area contributed by atoms with Gasteiger partial charge in [0.05, 0.1) is 12.5 Å².